The summed E-state index contributed by atoms with van der Waals surface area (Å²) in [7, 11) is -0.611. The van der Waals surface area contributed by atoms with E-state index in [1.165, 1.54) is 6.07 Å². The van der Waals surface area contributed by atoms with E-state index in [1.807, 2.05) is 33.8 Å². The zero-order valence-corrected chi connectivity index (χ0v) is 16.1. The number of aromatic amines is 1. The zero-order valence-electron chi connectivity index (χ0n) is 16.1. The van der Waals surface area contributed by atoms with Gasteiger partial charge in [0.25, 0.3) is 0 Å². The first-order chi connectivity index (χ1) is 13.2. The molecule has 0 radical (unpaired) electrons. The highest BCUT2D eigenvalue weighted by Crippen LogP contribution is 2.37. The van der Waals surface area contributed by atoms with Crippen molar-refractivity contribution in [2.75, 3.05) is 0 Å². The van der Waals surface area contributed by atoms with Gasteiger partial charge in [0.15, 0.2) is 0 Å². The smallest absolute Gasteiger partial charge is 0.478 e. The molecule has 1 aliphatic rings. The summed E-state index contributed by atoms with van der Waals surface area (Å²) < 4.78 is 18.0. The van der Waals surface area contributed by atoms with Crippen molar-refractivity contribution in [1.82, 2.24) is 9.97 Å². The molecule has 1 aliphatic heterocycles. The van der Waals surface area contributed by atoms with Gasteiger partial charge in [0.2, 0.25) is 0 Å². The Morgan fingerprint density at radius 3 is 2.54 bits per heavy atom. The number of nitrogens with one attached hydrogen (secondary N) is 1. The third kappa shape index (κ3) is 3.14. The molecule has 0 bridgehead atoms. The minimum absolute atomic E-state index is 0.0504. The second-order valence-corrected chi connectivity index (χ2v) is 7.84. The van der Waals surface area contributed by atoms with Crippen LogP contribution in [0.4, 0.5) is 0 Å². The lowest BCUT2D eigenvalue weighted by Gasteiger charge is -2.32. The summed E-state index contributed by atoms with van der Waals surface area (Å²) in [4.78, 5) is 18.9. The average molecular weight is 380 g/mol. The van der Waals surface area contributed by atoms with E-state index in [0.29, 0.717) is 11.2 Å². The Balaban J connectivity index is 1.69. The highest BCUT2D eigenvalue weighted by atomic mass is 16.7. The van der Waals surface area contributed by atoms with E-state index in [1.54, 1.807) is 30.6 Å². The predicted molar refractivity (Wildman–Crippen MR) is 105 cm³/mol. The first kappa shape index (κ1) is 18.5. The lowest BCUT2D eigenvalue weighted by atomic mass is 9.78. The van der Waals surface area contributed by atoms with Gasteiger partial charge in [-0.3, -0.25) is 0 Å². The number of aromatic nitrogens is 2. The molecule has 0 saturated carbocycles. The molecule has 0 amide bonds. The quantitative estimate of drug-likeness (QED) is 0.675. The summed E-state index contributed by atoms with van der Waals surface area (Å²) in [5.74, 6) is -0.428. The van der Waals surface area contributed by atoms with Gasteiger partial charge in [-0.2, -0.15) is 0 Å². The second kappa shape index (κ2) is 6.36. The van der Waals surface area contributed by atoms with Crippen molar-refractivity contribution < 1.29 is 23.9 Å². The number of nitrogens with zero attached hydrogens (tertiary/aromatic N) is 1. The fourth-order valence-corrected chi connectivity index (χ4v) is 3.03. The number of carboxylic acid groups (broad SMARTS) is 1. The van der Waals surface area contributed by atoms with Gasteiger partial charge in [-0.1, -0.05) is 6.07 Å². The molecule has 1 fully saturated rings. The van der Waals surface area contributed by atoms with Crippen LogP contribution in [0, 0.1) is 0 Å². The number of hydrogen-bond acceptors (Lipinski definition) is 5. The maximum Gasteiger partial charge on any atom is 0.494 e. The minimum atomic E-state index is -1.08. The molecule has 3 heterocycles. The van der Waals surface area contributed by atoms with Crippen LogP contribution in [0.25, 0.3) is 11.0 Å². The van der Waals surface area contributed by atoms with Crippen LogP contribution in [0.15, 0.2) is 42.7 Å². The monoisotopic (exact) mass is 380 g/mol. The van der Waals surface area contributed by atoms with Crippen molar-refractivity contribution in [3.63, 3.8) is 0 Å². The highest BCUT2D eigenvalue weighted by Gasteiger charge is 2.51. The summed E-state index contributed by atoms with van der Waals surface area (Å²) >= 11 is 0. The molecule has 3 aromatic rings. The second-order valence-electron chi connectivity index (χ2n) is 7.84. The van der Waals surface area contributed by atoms with Crippen molar-refractivity contribution in [1.29, 1.82) is 0 Å². The van der Waals surface area contributed by atoms with Gasteiger partial charge in [0.1, 0.15) is 22.7 Å². The van der Waals surface area contributed by atoms with Gasteiger partial charge in [-0.25, -0.2) is 9.78 Å². The van der Waals surface area contributed by atoms with Crippen molar-refractivity contribution in [3.8, 4) is 11.5 Å². The van der Waals surface area contributed by atoms with Gasteiger partial charge >= 0.3 is 13.1 Å². The number of carbonyl (C=O) groups is 1. The third-order valence-electron chi connectivity index (χ3n) is 5.36. The molecule has 7 nitrogen and oxygen atoms in total. The number of fused-ring (bicyclic) bond motifs is 1. The molecule has 1 saturated heterocycles. The van der Waals surface area contributed by atoms with Gasteiger partial charge in [0.05, 0.1) is 17.4 Å². The summed E-state index contributed by atoms with van der Waals surface area (Å²) in [5, 5.41) is 10.4. The van der Waals surface area contributed by atoms with Crippen molar-refractivity contribution in [2.45, 2.75) is 38.9 Å². The molecule has 0 unspecified atom stereocenters. The lowest BCUT2D eigenvalue weighted by molar-refractivity contribution is 0.00578. The average Bonchev–Trinajstić information content (AvgIpc) is 3.16. The van der Waals surface area contributed by atoms with Gasteiger partial charge in [0, 0.05) is 11.6 Å². The normalized spacial score (nSPS) is 17.8. The molecule has 8 heteroatoms. The Kier molecular flexibility index (Phi) is 4.21. The van der Waals surface area contributed by atoms with Crippen molar-refractivity contribution >= 4 is 29.6 Å². The standard InChI is InChI=1S/C20H21BN2O5/c1-19(2)20(3,4)28-21(27-19)13-5-6-15(18(24)25)16(10-13)26-14-9-12-7-8-22-17(12)23-11-14/h5-11H,1-4H3,(H,22,23)(H,24,25). The van der Waals surface area contributed by atoms with Crippen molar-refractivity contribution in [2.24, 2.45) is 0 Å². The molecule has 0 atom stereocenters. The number of hydrogen-bond donors (Lipinski definition) is 2. The van der Waals surface area contributed by atoms with E-state index in [9.17, 15) is 9.90 Å². The first-order valence-electron chi connectivity index (χ1n) is 9.00. The van der Waals surface area contributed by atoms with E-state index in [4.69, 9.17) is 14.0 Å². The van der Waals surface area contributed by atoms with Crippen LogP contribution < -0.4 is 10.2 Å². The Bertz CT molecular complexity index is 1040. The number of carboxylic acids is 1. The molecular weight excluding hydrogens is 359 g/mol. The van der Waals surface area contributed by atoms with Crippen LogP contribution in [0.5, 0.6) is 11.5 Å². The fraction of sp³-hybridized carbons (Fsp3) is 0.300. The molecule has 1 aromatic carbocycles. The number of pyridine rings is 1. The van der Waals surface area contributed by atoms with E-state index in [-0.39, 0.29) is 11.3 Å². The van der Waals surface area contributed by atoms with Crippen LogP contribution >= 0.6 is 0 Å². The SMILES string of the molecule is CC1(C)OB(c2ccc(C(=O)O)c(Oc3cnc4[nH]ccc4c3)c2)OC1(C)C. The summed E-state index contributed by atoms with van der Waals surface area (Å²) in [6.07, 6.45) is 3.33. The largest absolute Gasteiger partial charge is 0.494 e. The molecule has 2 aromatic heterocycles. The van der Waals surface area contributed by atoms with Crippen LogP contribution in [0.1, 0.15) is 38.1 Å². The topological polar surface area (TPSA) is 93.7 Å². The van der Waals surface area contributed by atoms with Crippen LogP contribution in [0.3, 0.4) is 0 Å². The van der Waals surface area contributed by atoms with E-state index < -0.39 is 24.3 Å². The minimum Gasteiger partial charge on any atom is -0.478 e. The van der Waals surface area contributed by atoms with E-state index in [2.05, 4.69) is 9.97 Å². The Morgan fingerprint density at radius 1 is 1.14 bits per heavy atom. The number of aromatic carboxylic acids is 1. The lowest BCUT2D eigenvalue weighted by Crippen LogP contribution is -2.41. The van der Waals surface area contributed by atoms with Crippen LogP contribution in [0.2, 0.25) is 0 Å². The molecular formula is C20H21BN2O5. The van der Waals surface area contributed by atoms with Gasteiger partial charge in [-0.05, 0) is 57.4 Å². The Labute approximate surface area is 162 Å². The Hall–Kier alpha value is -2.84. The van der Waals surface area contributed by atoms with Gasteiger partial charge < -0.3 is 24.1 Å². The van der Waals surface area contributed by atoms with E-state index >= 15 is 0 Å². The number of benzene rings is 1. The first-order valence-corrected chi connectivity index (χ1v) is 9.00. The zero-order chi connectivity index (χ0) is 20.1. The Morgan fingerprint density at radius 2 is 1.86 bits per heavy atom. The summed E-state index contributed by atoms with van der Waals surface area (Å²) in [6.45, 7) is 7.86. The molecule has 0 aliphatic carbocycles. The molecule has 4 rings (SSSR count). The maximum atomic E-state index is 11.7. The molecule has 2 N–H and O–H groups in total. The summed E-state index contributed by atoms with van der Waals surface area (Å²) in [5.41, 5.74) is 0.487. The van der Waals surface area contributed by atoms with Gasteiger partial charge in [-0.15, -0.1) is 0 Å². The maximum absolute atomic E-state index is 11.7. The fourth-order valence-electron chi connectivity index (χ4n) is 3.03. The van der Waals surface area contributed by atoms with E-state index in [0.717, 1.165) is 11.0 Å². The third-order valence-corrected chi connectivity index (χ3v) is 5.36. The highest BCUT2D eigenvalue weighted by molar-refractivity contribution is 6.62. The number of ether oxygens (including phenoxy) is 1. The number of rotatable bonds is 4. The van der Waals surface area contributed by atoms with Crippen molar-refractivity contribution in [3.05, 3.63) is 48.3 Å². The molecule has 0 spiro atoms. The van der Waals surface area contributed by atoms with Crippen LogP contribution in [-0.2, 0) is 9.31 Å². The van der Waals surface area contributed by atoms with Crippen LogP contribution in [-0.4, -0.2) is 39.4 Å². The molecule has 144 valence electrons. The predicted octanol–water partition coefficient (Wildman–Crippen LogP) is 3.35. The number of H-pyrrole nitrogens is 1. The molecule has 28 heavy (non-hydrogen) atoms. The summed E-state index contributed by atoms with van der Waals surface area (Å²) in [6, 6.07) is 8.50.